The van der Waals surface area contributed by atoms with Gasteiger partial charge in [0, 0.05) is 6.54 Å². The summed E-state index contributed by atoms with van der Waals surface area (Å²) in [6.07, 6.45) is 0.764. The zero-order valence-corrected chi connectivity index (χ0v) is 14.0. The number of benzene rings is 1. The number of fused-ring (bicyclic) bond motifs is 1. The summed E-state index contributed by atoms with van der Waals surface area (Å²) in [5, 5.41) is 3.33. The van der Waals surface area contributed by atoms with Crippen LogP contribution in [-0.2, 0) is 16.4 Å². The molecule has 0 aromatic heterocycles. The first-order valence-corrected chi connectivity index (χ1v) is 9.64. The molecular weight excluding hydrogens is 358 g/mol. The van der Waals surface area contributed by atoms with E-state index in [0.717, 1.165) is 34.5 Å². The fraction of sp³-hybridized carbons (Fsp3) is 0.571. The highest BCUT2D eigenvalue weighted by Gasteiger charge is 2.27. The van der Waals surface area contributed by atoms with Gasteiger partial charge in [0.15, 0.2) is 21.3 Å². The number of hydrogen-bond acceptors (Lipinski definition) is 5. The molecule has 1 N–H and O–H groups in total. The minimum Gasteiger partial charge on any atom is -0.486 e. The second kappa shape index (κ2) is 6.14. The standard InChI is InChI=1S/C14H18BrNO4S/c15-12-5-11(6-13-14(12)20-3-2-19-13)8-16-7-10-1-4-21(17,18)9-10/h5-6,10,16H,1-4,7-9H2. The second-order valence-electron chi connectivity index (χ2n) is 5.50. The van der Waals surface area contributed by atoms with Crippen molar-refractivity contribution in [3.63, 3.8) is 0 Å². The molecule has 0 bridgehead atoms. The van der Waals surface area contributed by atoms with E-state index in [4.69, 9.17) is 9.47 Å². The van der Waals surface area contributed by atoms with Crippen molar-refractivity contribution in [1.82, 2.24) is 5.32 Å². The Morgan fingerprint density at radius 2 is 2.10 bits per heavy atom. The van der Waals surface area contributed by atoms with Gasteiger partial charge in [-0.15, -0.1) is 0 Å². The molecule has 0 saturated carbocycles. The van der Waals surface area contributed by atoms with E-state index in [9.17, 15) is 8.42 Å². The van der Waals surface area contributed by atoms with Crippen LogP contribution >= 0.6 is 15.9 Å². The molecule has 1 aromatic carbocycles. The smallest absolute Gasteiger partial charge is 0.175 e. The van der Waals surface area contributed by atoms with Crippen LogP contribution in [0.2, 0.25) is 0 Å². The van der Waals surface area contributed by atoms with E-state index in [1.165, 1.54) is 0 Å². The molecule has 1 unspecified atom stereocenters. The molecule has 116 valence electrons. The summed E-state index contributed by atoms with van der Waals surface area (Å²) in [7, 11) is -2.79. The fourth-order valence-electron chi connectivity index (χ4n) is 2.72. The highest BCUT2D eigenvalue weighted by Crippen LogP contribution is 2.38. The average Bonchev–Trinajstić information content (AvgIpc) is 2.78. The zero-order valence-electron chi connectivity index (χ0n) is 11.6. The Balaban J connectivity index is 1.57. The van der Waals surface area contributed by atoms with E-state index in [1.54, 1.807) is 0 Å². The van der Waals surface area contributed by atoms with Crippen molar-refractivity contribution >= 4 is 25.8 Å². The van der Waals surface area contributed by atoms with Crippen molar-refractivity contribution in [2.24, 2.45) is 5.92 Å². The molecular formula is C14H18BrNO4S. The SMILES string of the molecule is O=S1(=O)CCC(CNCc2cc(Br)c3c(c2)OCCO3)C1. The van der Waals surface area contributed by atoms with Gasteiger partial charge in [0.1, 0.15) is 13.2 Å². The Labute approximate surface area is 133 Å². The molecule has 0 radical (unpaired) electrons. The van der Waals surface area contributed by atoms with Crippen LogP contribution < -0.4 is 14.8 Å². The third-order valence-electron chi connectivity index (χ3n) is 3.75. The molecule has 3 rings (SSSR count). The van der Waals surface area contributed by atoms with E-state index in [1.807, 2.05) is 12.1 Å². The molecule has 0 amide bonds. The van der Waals surface area contributed by atoms with Gasteiger partial charge in [-0.3, -0.25) is 0 Å². The third kappa shape index (κ3) is 3.70. The molecule has 0 spiro atoms. The van der Waals surface area contributed by atoms with Crippen LogP contribution in [0.3, 0.4) is 0 Å². The third-order valence-corrected chi connectivity index (χ3v) is 6.17. The summed E-state index contributed by atoms with van der Waals surface area (Å²) in [5.74, 6) is 2.39. The monoisotopic (exact) mass is 375 g/mol. The number of rotatable bonds is 4. The van der Waals surface area contributed by atoms with Crippen LogP contribution in [0.5, 0.6) is 11.5 Å². The molecule has 2 aliphatic rings. The van der Waals surface area contributed by atoms with Crippen LogP contribution in [0.1, 0.15) is 12.0 Å². The Kier molecular flexibility index (Phi) is 4.42. The summed E-state index contributed by atoms with van der Waals surface area (Å²) in [6, 6.07) is 3.98. The minimum absolute atomic E-state index is 0.232. The first-order chi connectivity index (χ1) is 10.0. The summed E-state index contributed by atoms with van der Waals surface area (Å²) in [5.41, 5.74) is 1.09. The topological polar surface area (TPSA) is 64.6 Å². The first-order valence-electron chi connectivity index (χ1n) is 7.03. The lowest BCUT2D eigenvalue weighted by atomic mass is 10.1. The summed E-state index contributed by atoms with van der Waals surface area (Å²) < 4.78 is 34.9. The van der Waals surface area contributed by atoms with E-state index < -0.39 is 9.84 Å². The molecule has 7 heteroatoms. The predicted octanol–water partition coefficient (Wildman–Crippen LogP) is 1.74. The van der Waals surface area contributed by atoms with Gasteiger partial charge in [-0.25, -0.2) is 8.42 Å². The van der Waals surface area contributed by atoms with Crippen molar-refractivity contribution in [3.05, 3.63) is 22.2 Å². The van der Waals surface area contributed by atoms with Crippen LogP contribution in [0.4, 0.5) is 0 Å². The van der Waals surface area contributed by atoms with Crippen molar-refractivity contribution in [2.45, 2.75) is 13.0 Å². The quantitative estimate of drug-likeness (QED) is 0.868. The van der Waals surface area contributed by atoms with E-state index >= 15 is 0 Å². The van der Waals surface area contributed by atoms with E-state index in [2.05, 4.69) is 21.2 Å². The van der Waals surface area contributed by atoms with Crippen molar-refractivity contribution in [2.75, 3.05) is 31.3 Å². The number of ether oxygens (including phenoxy) is 2. The predicted molar refractivity (Wildman–Crippen MR) is 83.6 cm³/mol. The Morgan fingerprint density at radius 3 is 2.86 bits per heavy atom. The van der Waals surface area contributed by atoms with E-state index in [0.29, 0.717) is 31.3 Å². The van der Waals surface area contributed by atoms with Gasteiger partial charge in [0.2, 0.25) is 0 Å². The molecule has 2 heterocycles. The lowest BCUT2D eigenvalue weighted by Crippen LogP contribution is -2.23. The number of hydrogen-bond donors (Lipinski definition) is 1. The van der Waals surface area contributed by atoms with Crippen molar-refractivity contribution in [3.8, 4) is 11.5 Å². The molecule has 21 heavy (non-hydrogen) atoms. The Bertz CT molecular complexity index is 632. The van der Waals surface area contributed by atoms with Gasteiger partial charge in [-0.1, -0.05) is 0 Å². The van der Waals surface area contributed by atoms with Crippen LogP contribution in [-0.4, -0.2) is 39.7 Å². The maximum atomic E-state index is 11.4. The summed E-state index contributed by atoms with van der Waals surface area (Å²) in [6.45, 7) is 2.55. The van der Waals surface area contributed by atoms with Crippen molar-refractivity contribution < 1.29 is 17.9 Å². The second-order valence-corrected chi connectivity index (χ2v) is 8.58. The molecule has 2 aliphatic heterocycles. The molecule has 1 saturated heterocycles. The highest BCUT2D eigenvalue weighted by atomic mass is 79.9. The molecule has 1 aromatic rings. The van der Waals surface area contributed by atoms with Gasteiger partial charge in [0.05, 0.1) is 16.0 Å². The van der Waals surface area contributed by atoms with Crippen LogP contribution in [0.25, 0.3) is 0 Å². The number of nitrogens with one attached hydrogen (secondary N) is 1. The average molecular weight is 376 g/mol. The molecule has 1 atom stereocenters. The number of sulfone groups is 1. The maximum Gasteiger partial charge on any atom is 0.175 e. The van der Waals surface area contributed by atoms with Crippen LogP contribution in [0, 0.1) is 5.92 Å². The van der Waals surface area contributed by atoms with E-state index in [-0.39, 0.29) is 5.92 Å². The first kappa shape index (κ1) is 15.1. The zero-order chi connectivity index (χ0) is 14.9. The summed E-state index contributed by atoms with van der Waals surface area (Å²) in [4.78, 5) is 0. The highest BCUT2D eigenvalue weighted by molar-refractivity contribution is 9.10. The Hall–Kier alpha value is -0.790. The minimum atomic E-state index is -2.79. The molecule has 0 aliphatic carbocycles. The van der Waals surface area contributed by atoms with Gasteiger partial charge in [-0.05, 0) is 52.5 Å². The van der Waals surface area contributed by atoms with Gasteiger partial charge >= 0.3 is 0 Å². The molecule has 5 nitrogen and oxygen atoms in total. The van der Waals surface area contributed by atoms with Gasteiger partial charge < -0.3 is 14.8 Å². The van der Waals surface area contributed by atoms with Gasteiger partial charge in [-0.2, -0.15) is 0 Å². The lowest BCUT2D eigenvalue weighted by Gasteiger charge is -2.20. The van der Waals surface area contributed by atoms with Gasteiger partial charge in [0.25, 0.3) is 0 Å². The lowest BCUT2D eigenvalue weighted by molar-refractivity contribution is 0.170. The Morgan fingerprint density at radius 1 is 1.29 bits per heavy atom. The van der Waals surface area contributed by atoms with Crippen LogP contribution in [0.15, 0.2) is 16.6 Å². The largest absolute Gasteiger partial charge is 0.486 e. The normalized spacial score (nSPS) is 23.2. The van der Waals surface area contributed by atoms with Crippen molar-refractivity contribution in [1.29, 1.82) is 0 Å². The maximum absolute atomic E-state index is 11.4. The summed E-state index contributed by atoms with van der Waals surface area (Å²) >= 11 is 3.49. The number of halogens is 1. The fourth-order valence-corrected chi connectivity index (χ4v) is 5.19. The molecule has 1 fully saturated rings.